The molecule has 0 saturated carbocycles. The van der Waals surface area contributed by atoms with Crippen molar-refractivity contribution < 1.29 is 9.21 Å². The van der Waals surface area contributed by atoms with Gasteiger partial charge in [-0.15, -0.1) is 0 Å². The van der Waals surface area contributed by atoms with Crippen LogP contribution in [0.25, 0.3) is 11.1 Å². The first-order valence-electron chi connectivity index (χ1n) is 9.05. The van der Waals surface area contributed by atoms with Crippen LogP contribution in [0.5, 0.6) is 0 Å². The predicted octanol–water partition coefficient (Wildman–Crippen LogP) is 2.88. The molecule has 4 rings (SSSR count). The summed E-state index contributed by atoms with van der Waals surface area (Å²) in [6.45, 7) is 6.12. The molecule has 0 radical (unpaired) electrons. The Morgan fingerprint density at radius 3 is 3.19 bits per heavy atom. The minimum absolute atomic E-state index is 0.0481. The summed E-state index contributed by atoms with van der Waals surface area (Å²) < 4.78 is 5.93. The highest BCUT2D eigenvalue weighted by Gasteiger charge is 2.29. The van der Waals surface area contributed by atoms with Gasteiger partial charge in [0.05, 0.1) is 6.20 Å². The van der Waals surface area contributed by atoms with Crippen LogP contribution in [0.2, 0.25) is 0 Å². The number of rotatable bonds is 5. The number of amides is 1. The first kappa shape index (κ1) is 16.6. The smallest absolute Gasteiger partial charge is 0.298 e. The first-order valence-corrected chi connectivity index (χ1v) is 9.05. The molecule has 7 heteroatoms. The molecule has 0 bridgehead atoms. The van der Waals surface area contributed by atoms with Crippen molar-refractivity contribution in [2.75, 3.05) is 18.0 Å². The number of aromatic amines is 1. The van der Waals surface area contributed by atoms with Crippen molar-refractivity contribution in [3.63, 3.8) is 0 Å². The SMILES string of the molecule is CCC(=O)NCc1cn[nH]c1C1CCN(c2nc3cc(C)ccc3o2)C1. The first-order chi connectivity index (χ1) is 12.6. The number of oxazole rings is 1. The highest BCUT2D eigenvalue weighted by atomic mass is 16.4. The van der Waals surface area contributed by atoms with Crippen LogP contribution in [0.15, 0.2) is 28.8 Å². The van der Waals surface area contributed by atoms with E-state index >= 15 is 0 Å². The van der Waals surface area contributed by atoms with E-state index < -0.39 is 0 Å². The number of carbonyl (C=O) groups is 1. The summed E-state index contributed by atoms with van der Waals surface area (Å²) in [6, 6.07) is 6.72. The Hall–Kier alpha value is -2.83. The molecule has 3 heterocycles. The third kappa shape index (κ3) is 3.16. The number of H-pyrrole nitrogens is 1. The predicted molar refractivity (Wildman–Crippen MR) is 99.0 cm³/mol. The molecule has 0 spiro atoms. The summed E-state index contributed by atoms with van der Waals surface area (Å²) in [5, 5.41) is 10.2. The average Bonchev–Trinajstić information content (AvgIpc) is 3.36. The van der Waals surface area contributed by atoms with Crippen LogP contribution in [-0.2, 0) is 11.3 Å². The van der Waals surface area contributed by atoms with Crippen LogP contribution in [-0.4, -0.2) is 34.2 Å². The standard InChI is InChI=1S/C19H23N5O2/c1-3-17(25)20-9-14-10-21-23-18(14)13-6-7-24(11-13)19-22-15-8-12(2)4-5-16(15)26-19/h4-5,8,10,13H,3,6-7,9,11H2,1-2H3,(H,20,25)(H,21,23). The van der Waals surface area contributed by atoms with E-state index in [0.29, 0.717) is 24.9 Å². The van der Waals surface area contributed by atoms with Gasteiger partial charge in [-0.25, -0.2) is 0 Å². The number of hydrogen-bond acceptors (Lipinski definition) is 5. The number of aryl methyl sites for hydroxylation is 1. The van der Waals surface area contributed by atoms with E-state index in [-0.39, 0.29) is 5.91 Å². The highest BCUT2D eigenvalue weighted by Crippen LogP contribution is 2.32. The molecular formula is C19H23N5O2. The van der Waals surface area contributed by atoms with E-state index in [9.17, 15) is 4.79 Å². The number of hydrogen-bond donors (Lipinski definition) is 2. The number of anilines is 1. The molecule has 7 nitrogen and oxygen atoms in total. The zero-order chi connectivity index (χ0) is 18.1. The van der Waals surface area contributed by atoms with Gasteiger partial charge in [0, 0.05) is 43.2 Å². The molecule has 2 N–H and O–H groups in total. The van der Waals surface area contributed by atoms with E-state index in [0.717, 1.165) is 41.9 Å². The Morgan fingerprint density at radius 1 is 1.46 bits per heavy atom. The maximum Gasteiger partial charge on any atom is 0.298 e. The summed E-state index contributed by atoms with van der Waals surface area (Å²) in [5.41, 5.74) is 5.03. The van der Waals surface area contributed by atoms with Gasteiger partial charge in [-0.05, 0) is 31.0 Å². The Bertz CT molecular complexity index is 929. The van der Waals surface area contributed by atoms with Crippen LogP contribution in [0, 0.1) is 6.92 Å². The fraction of sp³-hybridized carbons (Fsp3) is 0.421. The third-order valence-corrected chi connectivity index (χ3v) is 4.95. The minimum atomic E-state index is 0.0481. The average molecular weight is 353 g/mol. The molecule has 3 aromatic rings. The quantitative estimate of drug-likeness (QED) is 0.736. The molecule has 1 aliphatic rings. The lowest BCUT2D eigenvalue weighted by Gasteiger charge is -2.14. The fourth-order valence-electron chi connectivity index (χ4n) is 3.46. The van der Waals surface area contributed by atoms with E-state index in [1.807, 2.05) is 25.1 Å². The second-order valence-corrected chi connectivity index (χ2v) is 6.84. The lowest BCUT2D eigenvalue weighted by molar-refractivity contribution is -0.120. The summed E-state index contributed by atoms with van der Waals surface area (Å²) in [4.78, 5) is 18.3. The van der Waals surface area contributed by atoms with Crippen LogP contribution < -0.4 is 10.2 Å². The van der Waals surface area contributed by atoms with Crippen LogP contribution >= 0.6 is 0 Å². The number of carbonyl (C=O) groups excluding carboxylic acids is 1. The van der Waals surface area contributed by atoms with Crippen molar-refractivity contribution in [2.24, 2.45) is 0 Å². The van der Waals surface area contributed by atoms with Gasteiger partial charge >= 0.3 is 0 Å². The Labute approximate surface area is 151 Å². The Morgan fingerprint density at radius 2 is 2.35 bits per heavy atom. The second kappa shape index (κ2) is 6.82. The van der Waals surface area contributed by atoms with Crippen molar-refractivity contribution in [3.05, 3.63) is 41.2 Å². The monoisotopic (exact) mass is 353 g/mol. The zero-order valence-corrected chi connectivity index (χ0v) is 15.1. The number of benzene rings is 1. The van der Waals surface area contributed by atoms with Crippen LogP contribution in [0.3, 0.4) is 0 Å². The maximum absolute atomic E-state index is 11.5. The molecule has 1 fully saturated rings. The van der Waals surface area contributed by atoms with E-state index in [1.54, 1.807) is 6.20 Å². The topological polar surface area (TPSA) is 87.0 Å². The van der Waals surface area contributed by atoms with E-state index in [4.69, 9.17) is 4.42 Å². The third-order valence-electron chi connectivity index (χ3n) is 4.95. The molecule has 1 atom stereocenters. The Kier molecular flexibility index (Phi) is 4.36. The van der Waals surface area contributed by atoms with E-state index in [2.05, 4.69) is 32.3 Å². The van der Waals surface area contributed by atoms with Gasteiger partial charge in [0.2, 0.25) is 5.91 Å². The molecule has 1 amide bonds. The van der Waals surface area contributed by atoms with Gasteiger partial charge in [0.25, 0.3) is 6.01 Å². The fourth-order valence-corrected chi connectivity index (χ4v) is 3.46. The van der Waals surface area contributed by atoms with E-state index in [1.165, 1.54) is 5.56 Å². The molecule has 1 aromatic carbocycles. The Balaban J connectivity index is 1.48. The largest absolute Gasteiger partial charge is 0.423 e. The number of aromatic nitrogens is 3. The van der Waals surface area contributed by atoms with Crippen molar-refractivity contribution >= 4 is 23.0 Å². The van der Waals surface area contributed by atoms with Crippen molar-refractivity contribution in [1.82, 2.24) is 20.5 Å². The van der Waals surface area contributed by atoms with Gasteiger partial charge < -0.3 is 14.6 Å². The molecule has 1 aliphatic heterocycles. The molecule has 1 unspecified atom stereocenters. The summed E-state index contributed by atoms with van der Waals surface area (Å²) in [5.74, 6) is 0.370. The van der Waals surface area contributed by atoms with Gasteiger partial charge in [0.1, 0.15) is 5.52 Å². The normalized spacial score (nSPS) is 17.2. The van der Waals surface area contributed by atoms with Gasteiger partial charge in [0.15, 0.2) is 5.58 Å². The molecule has 1 saturated heterocycles. The van der Waals surface area contributed by atoms with Crippen LogP contribution in [0.4, 0.5) is 6.01 Å². The number of nitrogens with zero attached hydrogens (tertiary/aromatic N) is 3. The van der Waals surface area contributed by atoms with Crippen LogP contribution in [0.1, 0.15) is 42.5 Å². The molecule has 26 heavy (non-hydrogen) atoms. The van der Waals surface area contributed by atoms with Gasteiger partial charge in [-0.3, -0.25) is 9.89 Å². The second-order valence-electron chi connectivity index (χ2n) is 6.84. The van der Waals surface area contributed by atoms with Crippen molar-refractivity contribution in [3.8, 4) is 0 Å². The maximum atomic E-state index is 11.5. The summed E-state index contributed by atoms with van der Waals surface area (Å²) in [6.07, 6.45) is 3.28. The summed E-state index contributed by atoms with van der Waals surface area (Å²) >= 11 is 0. The summed E-state index contributed by atoms with van der Waals surface area (Å²) in [7, 11) is 0. The van der Waals surface area contributed by atoms with Crippen molar-refractivity contribution in [1.29, 1.82) is 0 Å². The molecule has 0 aliphatic carbocycles. The number of fused-ring (bicyclic) bond motifs is 1. The lowest BCUT2D eigenvalue weighted by Crippen LogP contribution is -2.23. The van der Waals surface area contributed by atoms with Gasteiger partial charge in [-0.1, -0.05) is 13.0 Å². The highest BCUT2D eigenvalue weighted by molar-refractivity contribution is 5.76. The molecule has 136 valence electrons. The molecule has 2 aromatic heterocycles. The zero-order valence-electron chi connectivity index (χ0n) is 15.1. The molecular weight excluding hydrogens is 330 g/mol. The van der Waals surface area contributed by atoms with Gasteiger partial charge in [-0.2, -0.15) is 10.1 Å². The van der Waals surface area contributed by atoms with Crippen molar-refractivity contribution in [2.45, 2.75) is 39.2 Å². The minimum Gasteiger partial charge on any atom is -0.423 e. The number of nitrogens with one attached hydrogen (secondary N) is 2. The lowest BCUT2D eigenvalue weighted by atomic mass is 10.0.